The van der Waals surface area contributed by atoms with E-state index < -0.39 is 10.0 Å². The van der Waals surface area contributed by atoms with E-state index in [-0.39, 0.29) is 23.0 Å². The summed E-state index contributed by atoms with van der Waals surface area (Å²) in [6.45, 7) is 7.89. The van der Waals surface area contributed by atoms with E-state index in [1.54, 1.807) is 32.9 Å². The van der Waals surface area contributed by atoms with E-state index in [1.165, 1.54) is 10.4 Å². The first-order chi connectivity index (χ1) is 16.3. The molecule has 2 aromatic rings. The van der Waals surface area contributed by atoms with Crippen LogP contribution in [0.3, 0.4) is 0 Å². The molecule has 4 rings (SSSR count). The maximum Gasteiger partial charge on any atom is 0.251 e. The third-order valence-electron chi connectivity index (χ3n) is 6.80. The number of amides is 1. The Balaban J connectivity index is 1.57. The fourth-order valence-electron chi connectivity index (χ4n) is 4.63. The van der Waals surface area contributed by atoms with Gasteiger partial charge in [0.2, 0.25) is 16.8 Å². The monoisotopic (exact) mass is 488 g/mol. The third kappa shape index (κ3) is 4.64. The molecule has 1 amide bonds. The molecule has 0 bridgehead atoms. The number of rotatable bonds is 8. The molecule has 2 heterocycles. The van der Waals surface area contributed by atoms with Gasteiger partial charge in [-0.25, -0.2) is 8.42 Å². The summed E-state index contributed by atoms with van der Waals surface area (Å²) in [5, 5.41) is 3.06. The van der Waals surface area contributed by atoms with Crippen LogP contribution in [0.1, 0.15) is 48.2 Å². The minimum atomic E-state index is -3.67. The summed E-state index contributed by atoms with van der Waals surface area (Å²) < 4.78 is 44.2. The molecular weight excluding hydrogens is 456 g/mol. The highest BCUT2D eigenvalue weighted by Gasteiger charge is 2.36. The van der Waals surface area contributed by atoms with Gasteiger partial charge in [-0.3, -0.25) is 4.79 Å². The lowest BCUT2D eigenvalue weighted by molar-refractivity contribution is 0.0486. The van der Waals surface area contributed by atoms with Crippen molar-refractivity contribution in [3.8, 4) is 11.5 Å². The molecule has 0 aliphatic carbocycles. The van der Waals surface area contributed by atoms with Gasteiger partial charge in [0.15, 0.2) is 11.5 Å². The number of hydrogen-bond donors (Lipinski definition) is 1. The summed E-state index contributed by atoms with van der Waals surface area (Å²) in [5.41, 5.74) is 1.69. The zero-order chi connectivity index (χ0) is 24.3. The lowest BCUT2D eigenvalue weighted by Crippen LogP contribution is -2.44. The molecule has 9 heteroatoms. The zero-order valence-electron chi connectivity index (χ0n) is 19.9. The summed E-state index contributed by atoms with van der Waals surface area (Å²) in [4.78, 5) is 13.3. The molecule has 0 atom stereocenters. The van der Waals surface area contributed by atoms with Crippen molar-refractivity contribution in [2.45, 2.75) is 43.9 Å². The van der Waals surface area contributed by atoms with Gasteiger partial charge in [0.25, 0.3) is 5.91 Å². The Morgan fingerprint density at radius 3 is 2.44 bits per heavy atom. The lowest BCUT2D eigenvalue weighted by atomic mass is 9.74. The van der Waals surface area contributed by atoms with Crippen molar-refractivity contribution in [2.24, 2.45) is 0 Å². The van der Waals surface area contributed by atoms with Crippen LogP contribution in [0.25, 0.3) is 0 Å². The van der Waals surface area contributed by atoms with Crippen molar-refractivity contribution < 1.29 is 27.4 Å². The number of carbonyl (C=O) groups is 1. The van der Waals surface area contributed by atoms with Crippen molar-refractivity contribution >= 4 is 15.9 Å². The molecule has 0 unspecified atom stereocenters. The first-order valence-electron chi connectivity index (χ1n) is 11.7. The number of fused-ring (bicyclic) bond motifs is 1. The average molecular weight is 489 g/mol. The summed E-state index contributed by atoms with van der Waals surface area (Å²) in [7, 11) is -3.67. The Bertz CT molecular complexity index is 1150. The minimum Gasteiger partial charge on any atom is -0.454 e. The fourth-order valence-corrected chi connectivity index (χ4v) is 6.34. The van der Waals surface area contributed by atoms with E-state index in [9.17, 15) is 13.2 Å². The topological polar surface area (TPSA) is 94.2 Å². The Morgan fingerprint density at radius 1 is 1.03 bits per heavy atom. The van der Waals surface area contributed by atoms with E-state index in [0.717, 1.165) is 24.2 Å². The molecule has 0 spiro atoms. The first-order valence-corrected chi connectivity index (χ1v) is 13.1. The summed E-state index contributed by atoms with van der Waals surface area (Å²) in [6, 6.07) is 10.7. The van der Waals surface area contributed by atoms with Crippen molar-refractivity contribution in [1.29, 1.82) is 0 Å². The van der Waals surface area contributed by atoms with Gasteiger partial charge in [-0.15, -0.1) is 0 Å². The molecule has 8 nitrogen and oxygen atoms in total. The molecule has 0 radical (unpaired) electrons. The predicted molar refractivity (Wildman–Crippen MR) is 128 cm³/mol. The molecule has 0 saturated carbocycles. The van der Waals surface area contributed by atoms with Gasteiger partial charge in [-0.05, 0) is 55.2 Å². The fraction of sp³-hybridized carbons (Fsp3) is 0.480. The third-order valence-corrected chi connectivity index (χ3v) is 8.99. The number of sulfonamides is 1. The van der Waals surface area contributed by atoms with Gasteiger partial charge in [0, 0.05) is 43.8 Å². The maximum absolute atomic E-state index is 13.2. The van der Waals surface area contributed by atoms with Crippen molar-refractivity contribution in [3.05, 3.63) is 53.1 Å². The number of benzene rings is 2. The van der Waals surface area contributed by atoms with E-state index >= 15 is 0 Å². The smallest absolute Gasteiger partial charge is 0.251 e. The molecule has 1 saturated heterocycles. The maximum atomic E-state index is 13.2. The summed E-state index contributed by atoms with van der Waals surface area (Å²) in [5.74, 6) is 1.12. The molecule has 1 N–H and O–H groups in total. The van der Waals surface area contributed by atoms with Crippen LogP contribution in [-0.2, 0) is 20.2 Å². The van der Waals surface area contributed by atoms with Crippen LogP contribution in [0.4, 0.5) is 0 Å². The second-order valence-electron chi connectivity index (χ2n) is 8.71. The minimum absolute atomic E-state index is 0.167. The first kappa shape index (κ1) is 24.5. The van der Waals surface area contributed by atoms with Gasteiger partial charge >= 0.3 is 0 Å². The van der Waals surface area contributed by atoms with Crippen LogP contribution in [0.2, 0.25) is 0 Å². The van der Waals surface area contributed by atoms with Crippen LogP contribution < -0.4 is 14.8 Å². The zero-order valence-corrected chi connectivity index (χ0v) is 20.7. The van der Waals surface area contributed by atoms with E-state index in [1.807, 2.05) is 18.2 Å². The largest absolute Gasteiger partial charge is 0.454 e. The molecule has 2 aliphatic rings. The molecule has 1 fully saturated rings. The molecule has 34 heavy (non-hydrogen) atoms. The Kier molecular flexibility index (Phi) is 7.16. The number of carbonyl (C=O) groups excluding carboxylic acids is 1. The summed E-state index contributed by atoms with van der Waals surface area (Å²) >= 11 is 0. The molecule has 2 aliphatic heterocycles. The highest BCUT2D eigenvalue weighted by atomic mass is 32.2. The summed E-state index contributed by atoms with van der Waals surface area (Å²) in [6.07, 6.45) is 1.50. The van der Waals surface area contributed by atoms with Crippen LogP contribution in [0, 0.1) is 6.92 Å². The van der Waals surface area contributed by atoms with Crippen molar-refractivity contribution in [2.75, 3.05) is 39.6 Å². The standard InChI is InChI=1S/C25H32N2O6S/c1-4-27(5-2)34(29,30)23-14-19(7-6-18(23)3)24(28)26-16-25(10-12-31-13-11-25)20-8-9-21-22(15-20)33-17-32-21/h6-9,14-15H,4-5,10-13,16-17H2,1-3H3,(H,26,28). The predicted octanol–water partition coefficient (Wildman–Crippen LogP) is 3.23. The van der Waals surface area contributed by atoms with E-state index in [4.69, 9.17) is 14.2 Å². The van der Waals surface area contributed by atoms with Gasteiger partial charge in [-0.1, -0.05) is 26.0 Å². The second kappa shape index (κ2) is 9.93. The number of nitrogens with zero attached hydrogens (tertiary/aromatic N) is 1. The van der Waals surface area contributed by atoms with Gasteiger partial charge < -0.3 is 19.5 Å². The quantitative estimate of drug-likeness (QED) is 0.613. The number of ether oxygens (including phenoxy) is 3. The number of hydrogen-bond acceptors (Lipinski definition) is 6. The Hall–Kier alpha value is -2.62. The normalized spacial score (nSPS) is 17.1. The van der Waals surface area contributed by atoms with Crippen LogP contribution in [0.15, 0.2) is 41.3 Å². The highest BCUT2D eigenvalue weighted by molar-refractivity contribution is 7.89. The average Bonchev–Trinajstić information content (AvgIpc) is 3.32. The van der Waals surface area contributed by atoms with Gasteiger partial charge in [0.05, 0.1) is 4.90 Å². The molecular formula is C25H32N2O6S. The number of aryl methyl sites for hydroxylation is 1. The van der Waals surface area contributed by atoms with E-state index in [2.05, 4.69) is 5.32 Å². The molecule has 184 valence electrons. The van der Waals surface area contributed by atoms with E-state index in [0.29, 0.717) is 49.7 Å². The van der Waals surface area contributed by atoms with Crippen LogP contribution >= 0.6 is 0 Å². The van der Waals surface area contributed by atoms with Crippen molar-refractivity contribution in [1.82, 2.24) is 9.62 Å². The second-order valence-corrected chi connectivity index (χ2v) is 10.6. The van der Waals surface area contributed by atoms with Crippen molar-refractivity contribution in [3.63, 3.8) is 0 Å². The van der Waals surface area contributed by atoms with Crippen LogP contribution in [-0.4, -0.2) is 58.3 Å². The lowest BCUT2D eigenvalue weighted by Gasteiger charge is -2.38. The Morgan fingerprint density at radius 2 is 1.74 bits per heavy atom. The number of nitrogens with one attached hydrogen (secondary N) is 1. The molecule has 2 aromatic carbocycles. The highest BCUT2D eigenvalue weighted by Crippen LogP contribution is 2.40. The molecule has 0 aromatic heterocycles. The van der Waals surface area contributed by atoms with Gasteiger partial charge in [0.1, 0.15) is 0 Å². The van der Waals surface area contributed by atoms with Crippen LogP contribution in [0.5, 0.6) is 11.5 Å². The van der Waals surface area contributed by atoms with Gasteiger partial charge in [-0.2, -0.15) is 4.31 Å². The SMILES string of the molecule is CCN(CC)S(=O)(=O)c1cc(C(=O)NCC2(c3ccc4c(c3)OCO4)CCOCC2)ccc1C. The Labute approximate surface area is 201 Å².